The van der Waals surface area contributed by atoms with Crippen LogP contribution in [0.25, 0.3) is 11.3 Å². The van der Waals surface area contributed by atoms with Crippen LogP contribution in [0, 0.1) is 0 Å². The topological polar surface area (TPSA) is 97.8 Å². The molecule has 0 saturated carbocycles. The molecule has 2 aromatic carbocycles. The Morgan fingerprint density at radius 1 is 1.04 bits per heavy atom. The predicted molar refractivity (Wildman–Crippen MR) is 105 cm³/mol. The Morgan fingerprint density at radius 3 is 2.57 bits per heavy atom. The first-order valence-electron chi connectivity index (χ1n) is 8.40. The normalized spacial score (nSPS) is 10.7. The molecule has 3 aromatic rings. The largest absolute Gasteiger partial charge is 0.497 e. The molecule has 0 aliphatic heterocycles. The summed E-state index contributed by atoms with van der Waals surface area (Å²) in [4.78, 5) is 12.3. The number of aromatic nitrogens is 2. The van der Waals surface area contributed by atoms with E-state index in [9.17, 15) is 4.79 Å². The summed E-state index contributed by atoms with van der Waals surface area (Å²) in [7, 11) is 4.71. The molecule has 0 fully saturated rings. The van der Waals surface area contributed by atoms with Crippen molar-refractivity contribution in [3.05, 3.63) is 59.8 Å². The van der Waals surface area contributed by atoms with E-state index in [1.54, 1.807) is 45.6 Å². The summed E-state index contributed by atoms with van der Waals surface area (Å²) >= 11 is 0. The van der Waals surface area contributed by atoms with Gasteiger partial charge >= 0.3 is 0 Å². The van der Waals surface area contributed by atoms with Gasteiger partial charge in [0.1, 0.15) is 22.9 Å². The standard InChI is InChI=1S/C20H20N4O4/c1-26-14-8-9-18(27-2)13(10-14)12-21-24-20(25)17-11-16(22-23-17)15-6-4-5-7-19(15)28-3/h4-12H,1-3H3,(H,22,23)(H,24,25). The lowest BCUT2D eigenvalue weighted by Gasteiger charge is -2.06. The molecule has 8 heteroatoms. The molecule has 0 aliphatic rings. The van der Waals surface area contributed by atoms with Crippen LogP contribution in [0.3, 0.4) is 0 Å². The minimum atomic E-state index is -0.424. The Kier molecular flexibility index (Phi) is 5.91. The molecule has 0 unspecified atom stereocenters. The molecule has 0 atom stereocenters. The molecular weight excluding hydrogens is 360 g/mol. The average Bonchev–Trinajstić information content (AvgIpc) is 3.23. The first-order valence-corrected chi connectivity index (χ1v) is 8.40. The molecule has 28 heavy (non-hydrogen) atoms. The molecule has 0 aliphatic carbocycles. The molecule has 0 spiro atoms. The van der Waals surface area contributed by atoms with E-state index >= 15 is 0 Å². The van der Waals surface area contributed by atoms with E-state index in [0.29, 0.717) is 28.5 Å². The second kappa shape index (κ2) is 8.72. The van der Waals surface area contributed by atoms with E-state index in [0.717, 1.165) is 5.56 Å². The van der Waals surface area contributed by atoms with Gasteiger partial charge in [0, 0.05) is 11.1 Å². The number of carbonyl (C=O) groups excluding carboxylic acids is 1. The summed E-state index contributed by atoms with van der Waals surface area (Å²) in [5, 5.41) is 10.9. The fourth-order valence-corrected chi connectivity index (χ4v) is 2.59. The van der Waals surface area contributed by atoms with Crippen molar-refractivity contribution in [3.63, 3.8) is 0 Å². The van der Waals surface area contributed by atoms with Crippen molar-refractivity contribution in [2.75, 3.05) is 21.3 Å². The molecule has 0 saturated heterocycles. The molecule has 8 nitrogen and oxygen atoms in total. The lowest BCUT2D eigenvalue weighted by Crippen LogP contribution is -2.18. The van der Waals surface area contributed by atoms with Crippen LogP contribution >= 0.6 is 0 Å². The highest BCUT2D eigenvalue weighted by Gasteiger charge is 2.13. The van der Waals surface area contributed by atoms with Crippen molar-refractivity contribution in [2.45, 2.75) is 0 Å². The maximum atomic E-state index is 12.3. The number of hydrogen-bond acceptors (Lipinski definition) is 6. The Labute approximate surface area is 162 Å². The number of H-pyrrole nitrogens is 1. The number of hydrogen-bond donors (Lipinski definition) is 2. The fraction of sp³-hybridized carbons (Fsp3) is 0.150. The number of aromatic amines is 1. The van der Waals surface area contributed by atoms with E-state index in [1.807, 2.05) is 24.3 Å². The Hall–Kier alpha value is -3.81. The van der Waals surface area contributed by atoms with Crippen LogP contribution in [0.5, 0.6) is 17.2 Å². The summed E-state index contributed by atoms with van der Waals surface area (Å²) in [5.41, 5.74) is 4.78. The van der Waals surface area contributed by atoms with Gasteiger partial charge in [-0.3, -0.25) is 9.89 Å². The van der Waals surface area contributed by atoms with Gasteiger partial charge in [0.2, 0.25) is 0 Å². The fourth-order valence-electron chi connectivity index (χ4n) is 2.59. The monoisotopic (exact) mass is 380 g/mol. The first kappa shape index (κ1) is 19.0. The molecule has 144 valence electrons. The number of nitrogens with zero attached hydrogens (tertiary/aromatic N) is 2. The number of para-hydroxylation sites is 1. The highest BCUT2D eigenvalue weighted by atomic mass is 16.5. The maximum Gasteiger partial charge on any atom is 0.289 e. The molecule has 1 aromatic heterocycles. The minimum Gasteiger partial charge on any atom is -0.497 e. The van der Waals surface area contributed by atoms with Crippen molar-refractivity contribution in [3.8, 4) is 28.5 Å². The highest BCUT2D eigenvalue weighted by Crippen LogP contribution is 2.28. The number of nitrogens with one attached hydrogen (secondary N) is 2. The van der Waals surface area contributed by atoms with Gasteiger partial charge in [0.05, 0.1) is 33.2 Å². The number of hydrazone groups is 1. The van der Waals surface area contributed by atoms with Crippen LogP contribution in [0.4, 0.5) is 0 Å². The molecule has 0 bridgehead atoms. The highest BCUT2D eigenvalue weighted by molar-refractivity contribution is 5.94. The van der Waals surface area contributed by atoms with E-state index in [2.05, 4.69) is 20.7 Å². The van der Waals surface area contributed by atoms with E-state index in [4.69, 9.17) is 14.2 Å². The van der Waals surface area contributed by atoms with Gasteiger partial charge in [-0.25, -0.2) is 5.43 Å². The maximum absolute atomic E-state index is 12.3. The van der Waals surface area contributed by atoms with Crippen molar-refractivity contribution >= 4 is 12.1 Å². The Morgan fingerprint density at radius 2 is 1.82 bits per heavy atom. The molecular formula is C20H20N4O4. The van der Waals surface area contributed by atoms with E-state index < -0.39 is 5.91 Å². The zero-order valence-corrected chi connectivity index (χ0v) is 15.7. The second-order valence-electron chi connectivity index (χ2n) is 5.67. The zero-order valence-electron chi connectivity index (χ0n) is 15.7. The number of ether oxygens (including phenoxy) is 3. The van der Waals surface area contributed by atoms with Crippen molar-refractivity contribution < 1.29 is 19.0 Å². The van der Waals surface area contributed by atoms with Gasteiger partial charge in [-0.2, -0.15) is 10.2 Å². The van der Waals surface area contributed by atoms with Crippen LogP contribution in [0.1, 0.15) is 16.1 Å². The SMILES string of the molecule is COc1ccc(OC)c(C=NNC(=O)c2cc(-c3ccccc3OC)n[nH]2)c1. The van der Waals surface area contributed by atoms with Crippen LogP contribution in [-0.2, 0) is 0 Å². The molecule has 0 radical (unpaired) electrons. The van der Waals surface area contributed by atoms with Gasteiger partial charge in [0.15, 0.2) is 0 Å². The summed E-state index contributed by atoms with van der Waals surface area (Å²) in [6.45, 7) is 0. The summed E-state index contributed by atoms with van der Waals surface area (Å²) in [6, 6.07) is 14.4. The van der Waals surface area contributed by atoms with Gasteiger partial charge in [0.25, 0.3) is 5.91 Å². The third kappa shape index (κ3) is 4.12. The van der Waals surface area contributed by atoms with Crippen LogP contribution in [0.15, 0.2) is 53.6 Å². The third-order valence-electron chi connectivity index (χ3n) is 4.01. The lowest BCUT2D eigenvalue weighted by atomic mass is 10.1. The molecule has 3 rings (SSSR count). The smallest absolute Gasteiger partial charge is 0.289 e. The summed E-state index contributed by atoms with van der Waals surface area (Å²) in [6.07, 6.45) is 1.48. The average molecular weight is 380 g/mol. The summed E-state index contributed by atoms with van der Waals surface area (Å²) < 4.78 is 15.8. The van der Waals surface area contributed by atoms with Gasteiger partial charge in [-0.1, -0.05) is 12.1 Å². The quantitative estimate of drug-likeness (QED) is 0.485. The third-order valence-corrected chi connectivity index (χ3v) is 4.01. The minimum absolute atomic E-state index is 0.274. The molecule has 1 amide bonds. The van der Waals surface area contributed by atoms with Crippen LogP contribution in [-0.4, -0.2) is 43.6 Å². The number of carbonyl (C=O) groups is 1. The van der Waals surface area contributed by atoms with Crippen LogP contribution < -0.4 is 19.6 Å². The summed E-state index contributed by atoms with van der Waals surface area (Å²) in [5.74, 6) is 1.51. The number of benzene rings is 2. The number of rotatable bonds is 7. The van der Waals surface area contributed by atoms with E-state index in [-0.39, 0.29) is 5.69 Å². The lowest BCUT2D eigenvalue weighted by molar-refractivity contribution is 0.0950. The Balaban J connectivity index is 1.73. The van der Waals surface area contributed by atoms with Crippen molar-refractivity contribution in [1.29, 1.82) is 0 Å². The van der Waals surface area contributed by atoms with Crippen molar-refractivity contribution in [1.82, 2.24) is 15.6 Å². The van der Waals surface area contributed by atoms with Crippen LogP contribution in [0.2, 0.25) is 0 Å². The molecule has 1 heterocycles. The number of amides is 1. The van der Waals surface area contributed by atoms with Gasteiger partial charge in [-0.15, -0.1) is 0 Å². The predicted octanol–water partition coefficient (Wildman–Crippen LogP) is 2.87. The van der Waals surface area contributed by atoms with E-state index in [1.165, 1.54) is 6.21 Å². The van der Waals surface area contributed by atoms with Gasteiger partial charge in [-0.05, 0) is 36.4 Å². The second-order valence-corrected chi connectivity index (χ2v) is 5.67. The molecule has 2 N–H and O–H groups in total. The zero-order chi connectivity index (χ0) is 19.9. The Bertz CT molecular complexity index is 997. The van der Waals surface area contributed by atoms with Crippen molar-refractivity contribution in [2.24, 2.45) is 5.10 Å². The first-order chi connectivity index (χ1) is 13.7. The number of methoxy groups -OCH3 is 3. The van der Waals surface area contributed by atoms with Gasteiger partial charge < -0.3 is 14.2 Å².